The molecule has 1 rings (SSSR count). The molecule has 1 fully saturated rings. The largest absolute Gasteiger partial charge is 0.394 e. The van der Waals surface area contributed by atoms with Gasteiger partial charge in [-0.2, -0.15) is 0 Å². The van der Waals surface area contributed by atoms with Gasteiger partial charge in [-0.3, -0.25) is 4.79 Å². The van der Waals surface area contributed by atoms with Gasteiger partial charge < -0.3 is 15.1 Å². The van der Waals surface area contributed by atoms with E-state index in [0.29, 0.717) is 6.42 Å². The number of amides is 1. The van der Waals surface area contributed by atoms with Gasteiger partial charge in [0.1, 0.15) is 0 Å². The van der Waals surface area contributed by atoms with E-state index in [1.54, 1.807) is 4.90 Å². The van der Waals surface area contributed by atoms with Crippen molar-refractivity contribution in [1.29, 1.82) is 0 Å². The van der Waals surface area contributed by atoms with E-state index in [1.165, 1.54) is 0 Å². The maximum atomic E-state index is 11.0. The second-order valence-electron chi connectivity index (χ2n) is 2.78. The Morgan fingerprint density at radius 2 is 2.36 bits per heavy atom. The van der Waals surface area contributed by atoms with Crippen molar-refractivity contribution < 1.29 is 15.0 Å². The first-order chi connectivity index (χ1) is 5.24. The van der Waals surface area contributed by atoms with Crippen LogP contribution in [0.5, 0.6) is 0 Å². The lowest BCUT2D eigenvalue weighted by Crippen LogP contribution is -2.34. The molecule has 1 heterocycles. The van der Waals surface area contributed by atoms with Crippen molar-refractivity contribution in [1.82, 2.24) is 4.90 Å². The second kappa shape index (κ2) is 3.69. The fraction of sp³-hybridized carbons (Fsp3) is 0.857. The number of hydrogen-bond donors (Lipinski definition) is 2. The van der Waals surface area contributed by atoms with Crippen LogP contribution < -0.4 is 0 Å². The number of aliphatic hydroxyl groups is 2. The molecule has 0 aromatic heterocycles. The van der Waals surface area contributed by atoms with E-state index < -0.39 is 6.10 Å². The lowest BCUT2D eigenvalue weighted by molar-refractivity contribution is -0.129. The first kappa shape index (κ1) is 8.49. The van der Waals surface area contributed by atoms with Crippen LogP contribution in [0.15, 0.2) is 0 Å². The highest BCUT2D eigenvalue weighted by Gasteiger charge is 2.21. The molecule has 1 amide bonds. The Hall–Kier alpha value is -0.610. The third kappa shape index (κ3) is 2.17. The predicted molar refractivity (Wildman–Crippen MR) is 38.9 cm³/mol. The first-order valence-electron chi connectivity index (χ1n) is 3.80. The Kier molecular flexibility index (Phi) is 2.84. The average molecular weight is 159 g/mol. The summed E-state index contributed by atoms with van der Waals surface area (Å²) in [5.74, 6) is 0.0810. The quantitative estimate of drug-likeness (QED) is 0.553. The molecule has 1 aliphatic rings. The minimum absolute atomic E-state index is 0.0810. The van der Waals surface area contributed by atoms with Gasteiger partial charge in [0, 0.05) is 19.5 Å². The minimum Gasteiger partial charge on any atom is -0.394 e. The molecule has 64 valence electrons. The number of β-amino-alcohol motifs (C(OH)–C–C–N with tert-alkyl or cyclic N) is 1. The number of rotatable bonds is 3. The van der Waals surface area contributed by atoms with Gasteiger partial charge in [0.2, 0.25) is 5.91 Å². The van der Waals surface area contributed by atoms with E-state index in [9.17, 15) is 4.79 Å². The number of carbonyl (C=O) groups is 1. The summed E-state index contributed by atoms with van der Waals surface area (Å²) in [6, 6.07) is 0. The van der Waals surface area contributed by atoms with E-state index in [1.807, 2.05) is 0 Å². The summed E-state index contributed by atoms with van der Waals surface area (Å²) in [6.07, 6.45) is 0.673. The van der Waals surface area contributed by atoms with Crippen molar-refractivity contribution in [2.45, 2.75) is 18.9 Å². The van der Waals surface area contributed by atoms with Gasteiger partial charge in [-0.05, 0) is 6.42 Å². The zero-order chi connectivity index (χ0) is 8.27. The molecule has 0 aliphatic carbocycles. The second-order valence-corrected chi connectivity index (χ2v) is 2.78. The van der Waals surface area contributed by atoms with E-state index >= 15 is 0 Å². The summed E-state index contributed by atoms with van der Waals surface area (Å²) in [5, 5.41) is 17.5. The summed E-state index contributed by atoms with van der Waals surface area (Å²) >= 11 is 0. The van der Waals surface area contributed by atoms with Gasteiger partial charge >= 0.3 is 0 Å². The molecule has 0 aromatic carbocycles. The van der Waals surface area contributed by atoms with E-state index in [0.717, 1.165) is 13.0 Å². The number of aliphatic hydroxyl groups excluding tert-OH is 2. The van der Waals surface area contributed by atoms with Gasteiger partial charge in [-0.15, -0.1) is 0 Å². The minimum atomic E-state index is -0.781. The smallest absolute Gasteiger partial charge is 0.222 e. The fourth-order valence-corrected chi connectivity index (χ4v) is 1.21. The highest BCUT2D eigenvalue weighted by atomic mass is 16.3. The third-order valence-electron chi connectivity index (χ3n) is 1.81. The van der Waals surface area contributed by atoms with Gasteiger partial charge in [-0.1, -0.05) is 0 Å². The van der Waals surface area contributed by atoms with Crippen molar-refractivity contribution in [3.8, 4) is 0 Å². The monoisotopic (exact) mass is 159 g/mol. The van der Waals surface area contributed by atoms with Gasteiger partial charge in [0.25, 0.3) is 0 Å². The normalized spacial score (nSPS) is 20.9. The molecule has 2 N–H and O–H groups in total. The van der Waals surface area contributed by atoms with Crippen LogP contribution in [0.2, 0.25) is 0 Å². The maximum Gasteiger partial charge on any atom is 0.222 e. The number of carbonyl (C=O) groups excluding carboxylic acids is 1. The highest BCUT2D eigenvalue weighted by molar-refractivity contribution is 5.78. The van der Waals surface area contributed by atoms with Crippen LogP contribution in [0.3, 0.4) is 0 Å². The Morgan fingerprint density at radius 1 is 1.64 bits per heavy atom. The first-order valence-corrected chi connectivity index (χ1v) is 3.80. The zero-order valence-corrected chi connectivity index (χ0v) is 6.36. The van der Waals surface area contributed by atoms with Gasteiger partial charge in [-0.25, -0.2) is 0 Å². The molecule has 4 heteroatoms. The molecule has 0 radical (unpaired) electrons. The summed E-state index contributed by atoms with van der Waals surface area (Å²) in [5.41, 5.74) is 0. The molecular weight excluding hydrogens is 146 g/mol. The number of hydrogen-bond acceptors (Lipinski definition) is 3. The molecule has 4 nitrogen and oxygen atoms in total. The predicted octanol–water partition coefficient (Wildman–Crippen LogP) is -1.04. The number of nitrogens with zero attached hydrogens (tertiary/aromatic N) is 1. The zero-order valence-electron chi connectivity index (χ0n) is 6.36. The Morgan fingerprint density at radius 3 is 2.82 bits per heavy atom. The average Bonchev–Trinajstić information content (AvgIpc) is 2.37. The molecule has 1 unspecified atom stereocenters. The maximum absolute atomic E-state index is 11.0. The molecule has 1 aliphatic heterocycles. The van der Waals surface area contributed by atoms with Crippen molar-refractivity contribution in [3.63, 3.8) is 0 Å². The SMILES string of the molecule is O=C1CCCN1CC(O)CO. The van der Waals surface area contributed by atoms with Crippen LogP contribution >= 0.6 is 0 Å². The highest BCUT2D eigenvalue weighted by Crippen LogP contribution is 2.09. The molecule has 11 heavy (non-hydrogen) atoms. The van der Waals surface area contributed by atoms with E-state index in [2.05, 4.69) is 0 Å². The lowest BCUT2D eigenvalue weighted by atomic mass is 10.3. The van der Waals surface area contributed by atoms with Crippen molar-refractivity contribution in [3.05, 3.63) is 0 Å². The summed E-state index contributed by atoms with van der Waals surface area (Å²) in [7, 11) is 0. The number of likely N-dealkylation sites (tertiary alicyclic amines) is 1. The molecule has 0 spiro atoms. The topological polar surface area (TPSA) is 60.8 Å². The van der Waals surface area contributed by atoms with Gasteiger partial charge in [0.15, 0.2) is 0 Å². The standard InChI is InChI=1S/C7H13NO3/c9-5-6(10)4-8-3-1-2-7(8)11/h6,9-10H,1-5H2. The van der Waals surface area contributed by atoms with Crippen LogP contribution in [-0.2, 0) is 4.79 Å². The Balaban J connectivity index is 2.30. The lowest BCUT2D eigenvalue weighted by Gasteiger charge is -2.17. The van der Waals surface area contributed by atoms with Crippen LogP contribution in [-0.4, -0.2) is 46.8 Å². The summed E-state index contributed by atoms with van der Waals surface area (Å²) < 4.78 is 0. The van der Waals surface area contributed by atoms with Crippen molar-refractivity contribution >= 4 is 5.91 Å². The molecular formula is C7H13NO3. The molecule has 1 saturated heterocycles. The Labute approximate surface area is 65.4 Å². The third-order valence-corrected chi connectivity index (χ3v) is 1.81. The molecule has 0 bridgehead atoms. The molecule has 1 atom stereocenters. The molecule has 0 saturated carbocycles. The van der Waals surface area contributed by atoms with E-state index in [4.69, 9.17) is 10.2 Å². The fourth-order valence-electron chi connectivity index (χ4n) is 1.21. The van der Waals surface area contributed by atoms with Crippen LogP contribution in [0.1, 0.15) is 12.8 Å². The summed E-state index contributed by atoms with van der Waals surface area (Å²) in [6.45, 7) is 0.717. The summed E-state index contributed by atoms with van der Waals surface area (Å²) in [4.78, 5) is 12.5. The Bertz CT molecular complexity index is 149. The van der Waals surface area contributed by atoms with Crippen LogP contribution in [0, 0.1) is 0 Å². The van der Waals surface area contributed by atoms with Crippen molar-refractivity contribution in [2.24, 2.45) is 0 Å². The van der Waals surface area contributed by atoms with Crippen LogP contribution in [0.4, 0.5) is 0 Å². The molecule has 0 aromatic rings. The van der Waals surface area contributed by atoms with E-state index in [-0.39, 0.29) is 19.1 Å². The van der Waals surface area contributed by atoms with Crippen LogP contribution in [0.25, 0.3) is 0 Å². The van der Waals surface area contributed by atoms with Crippen molar-refractivity contribution in [2.75, 3.05) is 19.7 Å². The van der Waals surface area contributed by atoms with Gasteiger partial charge in [0.05, 0.1) is 12.7 Å².